The van der Waals surface area contributed by atoms with Gasteiger partial charge in [0.05, 0.1) is 0 Å². The molecule has 2 nitrogen and oxygen atoms in total. The zero-order valence-electron chi connectivity index (χ0n) is 7.76. The fourth-order valence-corrected chi connectivity index (χ4v) is 0.628. The molecule has 1 aromatic carbocycles. The van der Waals surface area contributed by atoms with Crippen LogP contribution in [0.4, 0.5) is 0 Å². The molecule has 0 aromatic heterocycles. The summed E-state index contributed by atoms with van der Waals surface area (Å²) in [5.74, 6) is 0.338. The Labute approximate surface area is 97.7 Å². The molecule has 0 unspecified atom stereocenters. The van der Waals surface area contributed by atoms with Gasteiger partial charge in [0.15, 0.2) is 0 Å². The molecule has 3 heteroatoms. The van der Waals surface area contributed by atoms with Gasteiger partial charge in [-0.3, -0.25) is 0 Å². The van der Waals surface area contributed by atoms with E-state index in [0.29, 0.717) is 5.75 Å². The van der Waals surface area contributed by atoms with Crippen molar-refractivity contribution in [3.05, 3.63) is 29.8 Å². The van der Waals surface area contributed by atoms with Crippen molar-refractivity contribution in [1.29, 1.82) is 0 Å². The summed E-state index contributed by atoms with van der Waals surface area (Å²) in [4.78, 5) is 0. The molecule has 0 saturated carbocycles. The molecule has 0 atom stereocenters. The topological polar surface area (TPSA) is 51.7 Å². The van der Waals surface area contributed by atoms with E-state index in [2.05, 4.69) is 0 Å². The van der Waals surface area contributed by atoms with Crippen LogP contribution in [-0.4, -0.2) is 10.6 Å². The van der Waals surface area contributed by atoms with E-state index in [1.54, 1.807) is 12.1 Å². The van der Waals surface area contributed by atoms with E-state index in [0.717, 1.165) is 5.56 Å². The normalized spacial score (nSPS) is 6.58. The fraction of sp³-hybridized carbons (Fsp3) is 0.333. The van der Waals surface area contributed by atoms with Gasteiger partial charge in [-0.1, -0.05) is 26.0 Å². The van der Waals surface area contributed by atoms with Gasteiger partial charge in [0.2, 0.25) is 0 Å². The van der Waals surface area contributed by atoms with Crippen LogP contribution in [0, 0.1) is 38.0 Å². The van der Waals surface area contributed by atoms with Crippen molar-refractivity contribution < 1.29 is 41.7 Å². The van der Waals surface area contributed by atoms with Crippen LogP contribution in [0.1, 0.15) is 19.4 Å². The Morgan fingerprint density at radius 3 is 1.92 bits per heavy atom. The Morgan fingerprint density at radius 1 is 1.17 bits per heavy atom. The number of hydrogen-bond acceptors (Lipinski definition) is 1. The van der Waals surface area contributed by atoms with E-state index < -0.39 is 0 Å². The molecular weight excluding hydrogens is 378 g/mol. The maximum absolute atomic E-state index is 8.81. The Kier molecular flexibility index (Phi) is 16.5. The summed E-state index contributed by atoms with van der Waals surface area (Å²) in [6, 6.07) is 7.15. The molecule has 1 aromatic rings. The van der Waals surface area contributed by atoms with Crippen LogP contribution < -0.4 is 0 Å². The Morgan fingerprint density at radius 2 is 1.67 bits per heavy atom. The summed E-state index contributed by atoms with van der Waals surface area (Å²) in [5, 5.41) is 8.81. The minimum Gasteiger partial charge on any atom is -0.508 e. The van der Waals surface area contributed by atoms with Gasteiger partial charge >= 0.3 is 0 Å². The first-order valence-electron chi connectivity index (χ1n) is 3.54. The Bertz CT molecular complexity index is 172. The van der Waals surface area contributed by atoms with E-state index in [1.807, 2.05) is 32.9 Å². The second-order valence-corrected chi connectivity index (χ2v) is 1.84. The van der Waals surface area contributed by atoms with Crippen molar-refractivity contribution in [3.8, 4) is 5.75 Å². The Balaban J connectivity index is -0.000000189. The summed E-state index contributed by atoms with van der Waals surface area (Å²) in [6.07, 6.45) is 0. The van der Waals surface area contributed by atoms with Gasteiger partial charge in [0, 0.05) is 31.1 Å². The van der Waals surface area contributed by atoms with Gasteiger partial charge in [-0.15, -0.1) is 0 Å². The van der Waals surface area contributed by atoms with Crippen molar-refractivity contribution in [2.75, 3.05) is 0 Å². The van der Waals surface area contributed by atoms with Crippen LogP contribution in [-0.2, 0) is 0 Å². The van der Waals surface area contributed by atoms with Gasteiger partial charge in [-0.05, 0) is 24.6 Å². The Hall–Kier alpha value is 0.0319. The van der Waals surface area contributed by atoms with Gasteiger partial charge in [0.25, 0.3) is 0 Å². The maximum atomic E-state index is 8.81. The molecule has 0 aliphatic rings. The smallest absolute Gasteiger partial charge is 0.115 e. The molecule has 3 N–H and O–H groups in total. The molecule has 1 rings (SSSR count). The second-order valence-electron chi connectivity index (χ2n) is 1.84. The summed E-state index contributed by atoms with van der Waals surface area (Å²) in [7, 11) is 0. The van der Waals surface area contributed by atoms with Crippen molar-refractivity contribution in [2.24, 2.45) is 0 Å². The number of hydrogen-bond donors (Lipinski definition) is 1. The molecule has 0 heterocycles. The number of phenolic OH excluding ortho intramolecular Hbond substituents is 1. The predicted molar refractivity (Wildman–Crippen MR) is 47.8 cm³/mol. The number of phenols is 1. The summed E-state index contributed by atoms with van der Waals surface area (Å²) < 4.78 is 0. The SMILES string of the molecule is CC.Cc1cccc(O)c1.O.[U]. The van der Waals surface area contributed by atoms with Crippen LogP contribution >= 0.6 is 0 Å². The van der Waals surface area contributed by atoms with E-state index in [9.17, 15) is 0 Å². The van der Waals surface area contributed by atoms with E-state index in [4.69, 9.17) is 5.11 Å². The van der Waals surface area contributed by atoms with E-state index in [1.165, 1.54) is 0 Å². The van der Waals surface area contributed by atoms with Crippen molar-refractivity contribution >= 4 is 0 Å². The molecular formula is C9H16O2U. The standard InChI is InChI=1S/C7H8O.C2H6.H2O.U/c1-6-3-2-4-7(8)5-6;1-2;;/h2-5,8H,1H3;1-2H3;1H2;. The largest absolute Gasteiger partial charge is 0.508 e. The first-order chi connectivity index (χ1) is 4.79. The number of benzene rings is 1. The quantitative estimate of drug-likeness (QED) is 0.718. The van der Waals surface area contributed by atoms with Crippen molar-refractivity contribution in [2.45, 2.75) is 20.8 Å². The molecule has 68 valence electrons. The molecule has 0 bridgehead atoms. The monoisotopic (exact) mass is 394 g/mol. The third kappa shape index (κ3) is 8.13. The molecule has 0 fully saturated rings. The second kappa shape index (κ2) is 11.0. The molecule has 12 heavy (non-hydrogen) atoms. The van der Waals surface area contributed by atoms with Crippen LogP contribution in [0.15, 0.2) is 24.3 Å². The third-order valence-corrected chi connectivity index (χ3v) is 1.00. The summed E-state index contributed by atoms with van der Waals surface area (Å²) in [5.41, 5.74) is 1.09. The van der Waals surface area contributed by atoms with E-state index in [-0.39, 0.29) is 36.6 Å². The number of aryl methyl sites for hydroxylation is 1. The maximum Gasteiger partial charge on any atom is 0.115 e. The summed E-state index contributed by atoms with van der Waals surface area (Å²) in [6.45, 7) is 5.94. The van der Waals surface area contributed by atoms with Crippen molar-refractivity contribution in [1.82, 2.24) is 0 Å². The van der Waals surface area contributed by atoms with Crippen LogP contribution in [0.5, 0.6) is 5.75 Å². The van der Waals surface area contributed by atoms with Gasteiger partial charge < -0.3 is 10.6 Å². The molecule has 0 spiro atoms. The first kappa shape index (κ1) is 18.0. The average molecular weight is 394 g/mol. The zero-order valence-corrected chi connectivity index (χ0v) is 11.9. The van der Waals surface area contributed by atoms with Crippen LogP contribution in [0.3, 0.4) is 0 Å². The minimum absolute atomic E-state index is 0. The van der Waals surface area contributed by atoms with Gasteiger partial charge in [-0.2, -0.15) is 0 Å². The third-order valence-electron chi connectivity index (χ3n) is 1.00. The zero-order chi connectivity index (χ0) is 7.98. The predicted octanol–water partition coefficient (Wildman–Crippen LogP) is 1.90. The number of aromatic hydroxyl groups is 1. The van der Waals surface area contributed by atoms with E-state index >= 15 is 0 Å². The van der Waals surface area contributed by atoms with Crippen LogP contribution in [0.25, 0.3) is 0 Å². The van der Waals surface area contributed by atoms with Gasteiger partial charge in [0.1, 0.15) is 5.75 Å². The first-order valence-corrected chi connectivity index (χ1v) is 3.54. The minimum atomic E-state index is 0. The molecule has 0 aliphatic heterocycles. The molecule has 0 saturated heterocycles. The molecule has 0 aliphatic carbocycles. The average Bonchev–Trinajstić information content (AvgIpc) is 1.91. The van der Waals surface area contributed by atoms with Gasteiger partial charge in [-0.25, -0.2) is 0 Å². The molecule has 0 amide bonds. The molecule has 0 radical (unpaired) electrons. The fourth-order valence-electron chi connectivity index (χ4n) is 0.628. The number of rotatable bonds is 0. The van der Waals surface area contributed by atoms with Crippen molar-refractivity contribution in [3.63, 3.8) is 0 Å². The summed E-state index contributed by atoms with van der Waals surface area (Å²) >= 11 is 0. The van der Waals surface area contributed by atoms with Crippen LogP contribution in [0.2, 0.25) is 0 Å².